The minimum Gasteiger partial charge on any atom is -0.298 e. The van der Waals surface area contributed by atoms with Crippen molar-refractivity contribution in [2.24, 2.45) is 0 Å². The van der Waals surface area contributed by atoms with E-state index in [1.807, 2.05) is 52.8 Å². The number of anilines is 1. The monoisotopic (exact) mass is 386 g/mol. The van der Waals surface area contributed by atoms with Crippen LogP contribution in [-0.4, -0.2) is 20.4 Å². The second-order valence-electron chi connectivity index (χ2n) is 5.40. The first-order valence-corrected chi connectivity index (χ1v) is 10.2. The van der Waals surface area contributed by atoms with Crippen LogP contribution in [-0.2, 0) is 0 Å². The van der Waals surface area contributed by atoms with Crippen LogP contribution in [0.25, 0.3) is 15.7 Å². The van der Waals surface area contributed by atoms with Crippen molar-refractivity contribution in [1.29, 1.82) is 0 Å². The molecule has 0 unspecified atom stereocenters. The highest BCUT2D eigenvalue weighted by Gasteiger charge is 2.19. The molecule has 0 fully saturated rings. The molecule has 0 saturated carbocycles. The van der Waals surface area contributed by atoms with Gasteiger partial charge in [0.1, 0.15) is 0 Å². The van der Waals surface area contributed by atoms with Gasteiger partial charge in [-0.3, -0.25) is 14.7 Å². The molecule has 0 radical (unpaired) electrons. The highest BCUT2D eigenvalue weighted by atomic mass is 32.1. The van der Waals surface area contributed by atoms with E-state index in [1.165, 1.54) is 11.3 Å². The van der Waals surface area contributed by atoms with Crippen molar-refractivity contribution in [3.05, 3.63) is 57.5 Å². The molecule has 4 aromatic rings. The number of hydrogen-bond donors (Lipinski definition) is 1. The quantitative estimate of drug-likeness (QED) is 0.538. The van der Waals surface area contributed by atoms with Crippen LogP contribution in [0, 0.1) is 13.8 Å². The maximum atomic E-state index is 12.7. The number of aryl methyl sites for hydroxylation is 1. The summed E-state index contributed by atoms with van der Waals surface area (Å²) in [5, 5.41) is 10.3. The molecule has 25 heavy (non-hydrogen) atoms. The average Bonchev–Trinajstić information content (AvgIpc) is 3.34. The van der Waals surface area contributed by atoms with E-state index in [0.717, 1.165) is 27.1 Å². The van der Waals surface area contributed by atoms with Crippen LogP contribution >= 0.6 is 34.0 Å². The number of carbonyl (C=O) groups excluding carboxylic acids is 1. The van der Waals surface area contributed by atoms with Gasteiger partial charge in [-0.15, -0.1) is 34.0 Å². The number of nitrogens with one attached hydrogen (secondary N) is 1. The Hall–Kier alpha value is -2.29. The number of nitrogens with zero attached hydrogens (tertiary/aromatic N) is 3. The summed E-state index contributed by atoms with van der Waals surface area (Å²) in [7, 11) is 0. The van der Waals surface area contributed by atoms with Gasteiger partial charge in [0.25, 0.3) is 5.91 Å². The summed E-state index contributed by atoms with van der Waals surface area (Å²) < 4.78 is 2.00. The summed E-state index contributed by atoms with van der Waals surface area (Å²) in [6, 6.07) is 5.90. The van der Waals surface area contributed by atoms with Crippen molar-refractivity contribution in [2.45, 2.75) is 13.8 Å². The van der Waals surface area contributed by atoms with Gasteiger partial charge in [-0.2, -0.15) is 0 Å². The molecule has 4 heterocycles. The number of rotatable bonds is 4. The molecule has 126 valence electrons. The first kappa shape index (κ1) is 16.2. The van der Waals surface area contributed by atoms with Crippen molar-refractivity contribution in [1.82, 2.24) is 14.5 Å². The molecule has 0 aliphatic rings. The fourth-order valence-electron chi connectivity index (χ4n) is 2.65. The Morgan fingerprint density at radius 3 is 2.80 bits per heavy atom. The van der Waals surface area contributed by atoms with Crippen molar-refractivity contribution < 1.29 is 4.79 Å². The van der Waals surface area contributed by atoms with E-state index in [1.54, 1.807) is 28.9 Å². The van der Waals surface area contributed by atoms with Crippen LogP contribution in [0.5, 0.6) is 0 Å². The Bertz CT molecular complexity index is 1010. The molecule has 0 aliphatic heterocycles. The second-order valence-corrected chi connectivity index (χ2v) is 8.08. The SMILES string of the molecule is Cc1cc(C(=O)Nc2nc(-c3cccs3)cs2)c(C)n1-c1nccs1. The Morgan fingerprint density at radius 1 is 1.20 bits per heavy atom. The largest absolute Gasteiger partial charge is 0.298 e. The van der Waals surface area contributed by atoms with Gasteiger partial charge in [0.15, 0.2) is 10.3 Å². The third-order valence-electron chi connectivity index (χ3n) is 3.78. The van der Waals surface area contributed by atoms with E-state index in [4.69, 9.17) is 0 Å². The van der Waals surface area contributed by atoms with E-state index < -0.39 is 0 Å². The molecule has 0 aliphatic carbocycles. The summed E-state index contributed by atoms with van der Waals surface area (Å²) in [4.78, 5) is 22.6. The van der Waals surface area contributed by atoms with Gasteiger partial charge in [0.2, 0.25) is 0 Å². The van der Waals surface area contributed by atoms with Crippen molar-refractivity contribution in [2.75, 3.05) is 5.32 Å². The standard InChI is InChI=1S/C17H14N4OS3/c1-10-8-12(11(2)21(10)17-18-5-7-24-17)15(22)20-16-19-13(9-25-16)14-4-3-6-23-14/h3-9H,1-2H3,(H,19,20,22). The van der Waals surface area contributed by atoms with E-state index in [-0.39, 0.29) is 5.91 Å². The Balaban J connectivity index is 1.59. The zero-order chi connectivity index (χ0) is 17.4. The first-order valence-electron chi connectivity index (χ1n) is 7.53. The van der Waals surface area contributed by atoms with Crippen LogP contribution in [0.2, 0.25) is 0 Å². The number of thiazole rings is 2. The predicted octanol–water partition coefficient (Wildman–Crippen LogP) is 4.99. The van der Waals surface area contributed by atoms with E-state index in [2.05, 4.69) is 15.3 Å². The maximum Gasteiger partial charge on any atom is 0.259 e. The van der Waals surface area contributed by atoms with Crippen LogP contribution in [0.15, 0.2) is 40.5 Å². The zero-order valence-corrected chi connectivity index (χ0v) is 16.0. The zero-order valence-electron chi connectivity index (χ0n) is 13.5. The van der Waals surface area contributed by atoms with E-state index in [9.17, 15) is 4.79 Å². The highest BCUT2D eigenvalue weighted by molar-refractivity contribution is 7.16. The summed E-state index contributed by atoms with van der Waals surface area (Å²) in [6.45, 7) is 3.91. The van der Waals surface area contributed by atoms with Gasteiger partial charge in [0.05, 0.1) is 16.1 Å². The number of carbonyl (C=O) groups is 1. The van der Waals surface area contributed by atoms with Crippen molar-refractivity contribution >= 4 is 45.0 Å². The van der Waals surface area contributed by atoms with Crippen molar-refractivity contribution in [3.63, 3.8) is 0 Å². The topological polar surface area (TPSA) is 59.8 Å². The molecule has 4 aromatic heterocycles. The van der Waals surface area contributed by atoms with Gasteiger partial charge in [0, 0.05) is 28.3 Å². The highest BCUT2D eigenvalue weighted by Crippen LogP contribution is 2.29. The number of aromatic nitrogens is 3. The minimum atomic E-state index is -0.150. The summed E-state index contributed by atoms with van der Waals surface area (Å²) in [6.07, 6.45) is 1.76. The van der Waals surface area contributed by atoms with Gasteiger partial charge >= 0.3 is 0 Å². The molecule has 0 saturated heterocycles. The lowest BCUT2D eigenvalue weighted by Gasteiger charge is -2.05. The fourth-order valence-corrected chi connectivity index (χ4v) is 4.86. The van der Waals surface area contributed by atoms with Gasteiger partial charge in [-0.1, -0.05) is 6.07 Å². The Morgan fingerprint density at radius 2 is 2.08 bits per heavy atom. The van der Waals surface area contributed by atoms with Gasteiger partial charge in [-0.05, 0) is 31.4 Å². The average molecular weight is 387 g/mol. The predicted molar refractivity (Wildman–Crippen MR) is 104 cm³/mol. The summed E-state index contributed by atoms with van der Waals surface area (Å²) in [5.41, 5.74) is 3.39. The molecule has 4 rings (SSSR count). The van der Waals surface area contributed by atoms with Crippen LogP contribution in [0.3, 0.4) is 0 Å². The molecule has 5 nitrogen and oxygen atoms in total. The van der Waals surface area contributed by atoms with Gasteiger partial charge in [-0.25, -0.2) is 9.97 Å². The minimum absolute atomic E-state index is 0.150. The number of thiophene rings is 1. The van der Waals surface area contributed by atoms with Crippen LogP contribution < -0.4 is 5.32 Å². The number of amides is 1. The van der Waals surface area contributed by atoms with Crippen LogP contribution in [0.4, 0.5) is 5.13 Å². The smallest absolute Gasteiger partial charge is 0.259 e. The molecule has 0 spiro atoms. The molecular weight excluding hydrogens is 372 g/mol. The van der Waals surface area contributed by atoms with Crippen molar-refractivity contribution in [3.8, 4) is 15.7 Å². The van der Waals surface area contributed by atoms with E-state index in [0.29, 0.717) is 10.7 Å². The molecule has 0 aromatic carbocycles. The lowest BCUT2D eigenvalue weighted by atomic mass is 10.2. The van der Waals surface area contributed by atoms with Crippen LogP contribution in [0.1, 0.15) is 21.7 Å². The lowest BCUT2D eigenvalue weighted by molar-refractivity contribution is 0.102. The molecule has 0 bridgehead atoms. The fraction of sp³-hybridized carbons (Fsp3) is 0.118. The molecular formula is C17H14N4OS3. The molecule has 8 heteroatoms. The second kappa shape index (κ2) is 6.55. The first-order chi connectivity index (χ1) is 12.1. The molecule has 1 amide bonds. The summed E-state index contributed by atoms with van der Waals surface area (Å²) in [5.74, 6) is -0.150. The third kappa shape index (κ3) is 3.04. The summed E-state index contributed by atoms with van der Waals surface area (Å²) >= 11 is 4.61. The molecule has 1 N–H and O–H groups in total. The number of hydrogen-bond acceptors (Lipinski definition) is 6. The van der Waals surface area contributed by atoms with E-state index >= 15 is 0 Å². The van der Waals surface area contributed by atoms with Gasteiger partial charge < -0.3 is 0 Å². The normalized spacial score (nSPS) is 11.0. The maximum absolute atomic E-state index is 12.7. The third-order valence-corrected chi connectivity index (χ3v) is 6.19. The Kier molecular flexibility index (Phi) is 4.24. The molecule has 0 atom stereocenters. The lowest BCUT2D eigenvalue weighted by Crippen LogP contribution is -2.13. The Labute approximate surface area is 156 Å².